The largest absolute Gasteiger partial charge is 0.395 e. The van der Waals surface area contributed by atoms with Gasteiger partial charge >= 0.3 is 0 Å². The van der Waals surface area contributed by atoms with Gasteiger partial charge in [-0.25, -0.2) is 8.42 Å². The van der Waals surface area contributed by atoms with Crippen LogP contribution in [-0.4, -0.2) is 66.5 Å². The van der Waals surface area contributed by atoms with Gasteiger partial charge in [-0.15, -0.1) is 0 Å². The van der Waals surface area contributed by atoms with Crippen molar-refractivity contribution in [1.82, 2.24) is 10.2 Å². The Morgan fingerprint density at radius 1 is 1.41 bits per heavy atom. The third-order valence-electron chi connectivity index (χ3n) is 2.25. The van der Waals surface area contributed by atoms with Crippen molar-refractivity contribution in [2.45, 2.75) is 0 Å². The first-order chi connectivity index (χ1) is 7.98. The van der Waals surface area contributed by atoms with Gasteiger partial charge in [0.05, 0.1) is 24.7 Å². The van der Waals surface area contributed by atoms with E-state index in [2.05, 4.69) is 5.32 Å². The minimum absolute atomic E-state index is 0.0257. The molecule has 0 unspecified atom stereocenters. The Morgan fingerprint density at radius 2 is 2.00 bits per heavy atom. The third kappa shape index (κ3) is 4.58. The molecule has 98 valence electrons. The summed E-state index contributed by atoms with van der Waals surface area (Å²) >= 11 is 5.07. The number of nitrogens with zero attached hydrogens (tertiary/aromatic N) is 1. The highest BCUT2D eigenvalue weighted by Gasteiger charge is 2.21. The molecule has 6 nitrogen and oxygen atoms in total. The molecule has 1 aliphatic rings. The second kappa shape index (κ2) is 6.29. The molecule has 0 fully saturated rings. The van der Waals surface area contributed by atoms with Crippen molar-refractivity contribution in [3.8, 4) is 0 Å². The molecular weight excluding hydrogens is 264 g/mol. The summed E-state index contributed by atoms with van der Waals surface area (Å²) in [5, 5.41) is 20.8. The Hall–Kier alpha value is -0.700. The molecule has 0 aromatic carbocycles. The zero-order valence-electron chi connectivity index (χ0n) is 9.29. The minimum Gasteiger partial charge on any atom is -0.395 e. The summed E-state index contributed by atoms with van der Waals surface area (Å²) in [7, 11) is -3.02. The lowest BCUT2D eigenvalue weighted by atomic mass is 10.4. The topological polar surface area (TPSA) is 89.9 Å². The highest BCUT2D eigenvalue weighted by atomic mass is 32.2. The minimum atomic E-state index is -3.02. The van der Waals surface area contributed by atoms with E-state index in [0.717, 1.165) is 0 Å². The highest BCUT2D eigenvalue weighted by Crippen LogP contribution is 2.08. The molecule has 0 bridgehead atoms. The van der Waals surface area contributed by atoms with Crippen LogP contribution in [0.3, 0.4) is 0 Å². The molecule has 0 aromatic heterocycles. The predicted octanol–water partition coefficient (Wildman–Crippen LogP) is -1.54. The molecule has 0 amide bonds. The van der Waals surface area contributed by atoms with Crippen molar-refractivity contribution in [2.24, 2.45) is 0 Å². The van der Waals surface area contributed by atoms with Crippen LogP contribution in [0, 0.1) is 0 Å². The van der Waals surface area contributed by atoms with Crippen molar-refractivity contribution in [3.05, 3.63) is 11.8 Å². The monoisotopic (exact) mass is 280 g/mol. The van der Waals surface area contributed by atoms with E-state index in [1.807, 2.05) is 0 Å². The van der Waals surface area contributed by atoms with Crippen LogP contribution >= 0.6 is 12.2 Å². The molecule has 3 N–H and O–H groups in total. The van der Waals surface area contributed by atoms with Gasteiger partial charge in [0.25, 0.3) is 0 Å². The van der Waals surface area contributed by atoms with E-state index in [-0.39, 0.29) is 24.7 Å². The van der Waals surface area contributed by atoms with Gasteiger partial charge in [-0.05, 0) is 18.3 Å². The van der Waals surface area contributed by atoms with Crippen LogP contribution in [-0.2, 0) is 9.84 Å². The maximum absolute atomic E-state index is 11.2. The Bertz CT molecular complexity index is 399. The predicted molar refractivity (Wildman–Crippen MR) is 68.2 cm³/mol. The lowest BCUT2D eigenvalue weighted by Crippen LogP contribution is -2.42. The number of sulfone groups is 1. The molecule has 0 saturated carbocycles. The Balaban J connectivity index is 2.53. The third-order valence-corrected chi connectivity index (χ3v) is 4.04. The average Bonchev–Trinajstić information content (AvgIpc) is 2.57. The van der Waals surface area contributed by atoms with Crippen LogP contribution in [0.1, 0.15) is 0 Å². The first-order valence-electron chi connectivity index (χ1n) is 5.15. The van der Waals surface area contributed by atoms with Crippen molar-refractivity contribution < 1.29 is 18.6 Å². The zero-order chi connectivity index (χ0) is 12.9. The van der Waals surface area contributed by atoms with Crippen LogP contribution in [0.5, 0.6) is 0 Å². The summed E-state index contributed by atoms with van der Waals surface area (Å²) in [6.45, 7) is 0.428. The summed E-state index contributed by atoms with van der Waals surface area (Å²) < 4.78 is 22.4. The van der Waals surface area contributed by atoms with Crippen LogP contribution in [0.25, 0.3) is 0 Å². The molecule has 0 saturated heterocycles. The smallest absolute Gasteiger partial charge is 0.173 e. The fourth-order valence-corrected chi connectivity index (χ4v) is 2.99. The number of hydrogen-bond donors (Lipinski definition) is 3. The zero-order valence-corrected chi connectivity index (χ0v) is 10.9. The second-order valence-electron chi connectivity index (χ2n) is 3.65. The number of aliphatic hydroxyl groups excluding tert-OH is 2. The molecule has 0 atom stereocenters. The van der Waals surface area contributed by atoms with Crippen LogP contribution in [0.15, 0.2) is 11.8 Å². The molecule has 17 heavy (non-hydrogen) atoms. The number of thiocarbonyl (C=S) groups is 1. The van der Waals surface area contributed by atoms with Gasteiger partial charge in [0.2, 0.25) is 0 Å². The summed E-state index contributed by atoms with van der Waals surface area (Å²) in [5.74, 6) is -0.0167. The molecule has 1 rings (SSSR count). The SMILES string of the molecule is O=S1(=O)CC=C(NC(=S)N(CCO)CCO)C1. The van der Waals surface area contributed by atoms with Gasteiger partial charge < -0.3 is 20.4 Å². The standard InChI is InChI=1S/C9H16N2O4S2/c12-4-2-11(3-5-13)9(16)10-8-1-6-17(14,15)7-8/h1,12-13H,2-7H2,(H,10,16). The van der Waals surface area contributed by atoms with Gasteiger partial charge in [0, 0.05) is 18.8 Å². The van der Waals surface area contributed by atoms with E-state index in [4.69, 9.17) is 22.4 Å². The van der Waals surface area contributed by atoms with E-state index in [9.17, 15) is 8.42 Å². The fourth-order valence-electron chi connectivity index (χ4n) is 1.44. The van der Waals surface area contributed by atoms with E-state index < -0.39 is 9.84 Å². The van der Waals surface area contributed by atoms with Gasteiger partial charge in [-0.2, -0.15) is 0 Å². The van der Waals surface area contributed by atoms with E-state index in [1.54, 1.807) is 11.0 Å². The van der Waals surface area contributed by atoms with E-state index in [1.165, 1.54) is 0 Å². The maximum atomic E-state index is 11.2. The average molecular weight is 280 g/mol. The molecule has 0 radical (unpaired) electrons. The molecule has 8 heteroatoms. The van der Waals surface area contributed by atoms with Crippen LogP contribution in [0.4, 0.5) is 0 Å². The lowest BCUT2D eigenvalue weighted by molar-refractivity contribution is 0.212. The second-order valence-corrected chi connectivity index (χ2v) is 6.14. The molecule has 0 aliphatic carbocycles. The highest BCUT2D eigenvalue weighted by molar-refractivity contribution is 7.92. The Labute approximate surface area is 106 Å². The number of aliphatic hydroxyl groups is 2. The fraction of sp³-hybridized carbons (Fsp3) is 0.667. The van der Waals surface area contributed by atoms with Crippen molar-refractivity contribution in [3.63, 3.8) is 0 Å². The molecule has 1 aliphatic heterocycles. The first-order valence-corrected chi connectivity index (χ1v) is 7.38. The summed E-state index contributed by atoms with van der Waals surface area (Å²) in [6.07, 6.45) is 1.58. The van der Waals surface area contributed by atoms with E-state index >= 15 is 0 Å². The number of rotatable bonds is 5. The Kier molecular flexibility index (Phi) is 5.31. The quantitative estimate of drug-likeness (QED) is 0.526. The summed E-state index contributed by atoms with van der Waals surface area (Å²) in [5.41, 5.74) is 0.552. The van der Waals surface area contributed by atoms with Crippen LogP contribution < -0.4 is 5.32 Å². The normalized spacial score (nSPS) is 17.6. The van der Waals surface area contributed by atoms with Gasteiger partial charge in [-0.3, -0.25) is 0 Å². The first kappa shape index (κ1) is 14.4. The molecule has 0 aromatic rings. The van der Waals surface area contributed by atoms with Crippen molar-refractivity contribution in [2.75, 3.05) is 37.8 Å². The number of nitrogens with one attached hydrogen (secondary N) is 1. The van der Waals surface area contributed by atoms with Crippen molar-refractivity contribution in [1.29, 1.82) is 0 Å². The molecule has 1 heterocycles. The Morgan fingerprint density at radius 3 is 2.41 bits per heavy atom. The van der Waals surface area contributed by atoms with Gasteiger partial charge in [0.15, 0.2) is 14.9 Å². The maximum Gasteiger partial charge on any atom is 0.173 e. The van der Waals surface area contributed by atoms with Gasteiger partial charge in [-0.1, -0.05) is 0 Å². The van der Waals surface area contributed by atoms with E-state index in [0.29, 0.717) is 23.9 Å². The molecular formula is C9H16N2O4S2. The lowest BCUT2D eigenvalue weighted by Gasteiger charge is -2.24. The summed E-state index contributed by atoms with van der Waals surface area (Å²) in [4.78, 5) is 1.58. The summed E-state index contributed by atoms with van der Waals surface area (Å²) in [6, 6.07) is 0. The van der Waals surface area contributed by atoms with Crippen LogP contribution in [0.2, 0.25) is 0 Å². The van der Waals surface area contributed by atoms with Crippen molar-refractivity contribution >= 4 is 27.2 Å². The number of hydrogen-bond acceptors (Lipinski definition) is 5. The van der Waals surface area contributed by atoms with Gasteiger partial charge in [0.1, 0.15) is 0 Å². The molecule has 0 spiro atoms.